The molecule has 1 atom stereocenters. The number of benzene rings is 2. The number of aryl methyl sites for hydroxylation is 2. The number of fused-ring (bicyclic) bond motifs is 1. The van der Waals surface area contributed by atoms with Gasteiger partial charge in [0.15, 0.2) is 5.82 Å². The van der Waals surface area contributed by atoms with Crippen LogP contribution in [0.25, 0.3) is 22.4 Å². The maximum atomic E-state index is 13.6. The second-order valence-corrected chi connectivity index (χ2v) is 7.51. The Balaban J connectivity index is 1.53. The highest BCUT2D eigenvalue weighted by Crippen LogP contribution is 2.41. The summed E-state index contributed by atoms with van der Waals surface area (Å²) < 4.78 is 43.8. The average molecular weight is 443 g/mol. The average Bonchev–Trinajstić information content (AvgIpc) is 3.31. The normalized spacial score (nSPS) is 13.8. The van der Waals surface area contributed by atoms with Crippen LogP contribution in [0.1, 0.15) is 12.2 Å². The molecule has 2 N–H and O–H groups in total. The van der Waals surface area contributed by atoms with Gasteiger partial charge in [-0.3, -0.25) is 4.79 Å². The van der Waals surface area contributed by atoms with Gasteiger partial charge in [0.05, 0.1) is 17.5 Å². The van der Waals surface area contributed by atoms with Crippen molar-refractivity contribution in [3.8, 4) is 11.4 Å². The van der Waals surface area contributed by atoms with Crippen molar-refractivity contribution >= 4 is 22.6 Å². The number of para-hydroxylation sites is 2. The molecule has 4 rings (SSSR count). The summed E-state index contributed by atoms with van der Waals surface area (Å²) in [6.07, 6.45) is -3.92. The summed E-state index contributed by atoms with van der Waals surface area (Å²) in [5.74, 6) is -0.939. The first-order chi connectivity index (χ1) is 15.1. The molecule has 32 heavy (non-hydrogen) atoms. The number of imidazole rings is 2. The Bertz CT molecular complexity index is 1280. The predicted octanol–water partition coefficient (Wildman–Crippen LogP) is 3.75. The molecule has 4 aromatic rings. The topological polar surface area (TPSA) is 85.0 Å². The smallest absolute Gasteiger partial charge is 0.374 e. The Hall–Kier alpha value is -3.66. The first-order valence-electron chi connectivity index (χ1n) is 9.69. The maximum Gasteiger partial charge on any atom is 0.425 e. The molecule has 2 aromatic heterocycles. The lowest BCUT2D eigenvalue weighted by molar-refractivity contribution is -0.270. The van der Waals surface area contributed by atoms with E-state index in [0.717, 1.165) is 27.4 Å². The molecule has 0 aliphatic heterocycles. The van der Waals surface area contributed by atoms with E-state index in [4.69, 9.17) is 0 Å². The largest absolute Gasteiger partial charge is 0.425 e. The van der Waals surface area contributed by atoms with Crippen LogP contribution in [-0.4, -0.2) is 36.3 Å². The van der Waals surface area contributed by atoms with Crippen LogP contribution in [0.15, 0.2) is 60.9 Å². The van der Waals surface area contributed by atoms with E-state index in [2.05, 4.69) is 15.3 Å². The van der Waals surface area contributed by atoms with E-state index < -0.39 is 29.9 Å². The lowest BCUT2D eigenvalue weighted by Crippen LogP contribution is -2.46. The molecule has 2 heterocycles. The van der Waals surface area contributed by atoms with Gasteiger partial charge < -0.3 is 19.6 Å². The molecule has 7 nitrogen and oxygen atoms in total. The van der Waals surface area contributed by atoms with E-state index in [1.54, 1.807) is 24.3 Å². The predicted molar refractivity (Wildman–Crippen MR) is 113 cm³/mol. The molecule has 166 valence electrons. The van der Waals surface area contributed by atoms with Gasteiger partial charge in [-0.05, 0) is 36.4 Å². The number of amides is 1. The number of aromatic nitrogens is 4. The van der Waals surface area contributed by atoms with Gasteiger partial charge in [-0.2, -0.15) is 13.2 Å². The SMILES string of the molecule is Cn1ccnc1C(O)(CC(=O)Nc1ccc(-c2nc3ccccc3n2C)cc1)C(F)(F)F. The van der Waals surface area contributed by atoms with Gasteiger partial charge in [-0.1, -0.05) is 12.1 Å². The van der Waals surface area contributed by atoms with Crippen LogP contribution < -0.4 is 5.32 Å². The number of aliphatic hydroxyl groups is 1. The fourth-order valence-corrected chi connectivity index (χ4v) is 3.61. The van der Waals surface area contributed by atoms with Crippen molar-refractivity contribution < 1.29 is 23.1 Å². The molecule has 10 heteroatoms. The summed E-state index contributed by atoms with van der Waals surface area (Å²) in [4.78, 5) is 20.6. The molecule has 0 aliphatic rings. The highest BCUT2D eigenvalue weighted by Gasteiger charge is 2.58. The zero-order valence-corrected chi connectivity index (χ0v) is 17.3. The van der Waals surface area contributed by atoms with Crippen LogP contribution in [0.2, 0.25) is 0 Å². The van der Waals surface area contributed by atoms with Crippen molar-refractivity contribution in [2.24, 2.45) is 14.1 Å². The third kappa shape index (κ3) is 3.73. The third-order valence-electron chi connectivity index (χ3n) is 5.29. The molecule has 0 aliphatic carbocycles. The van der Waals surface area contributed by atoms with Crippen molar-refractivity contribution in [2.75, 3.05) is 5.32 Å². The molecule has 0 bridgehead atoms. The lowest BCUT2D eigenvalue weighted by atomic mass is 9.97. The van der Waals surface area contributed by atoms with Crippen molar-refractivity contribution in [1.82, 2.24) is 19.1 Å². The molecular formula is C22H20F3N5O2. The van der Waals surface area contributed by atoms with E-state index in [-0.39, 0.29) is 0 Å². The van der Waals surface area contributed by atoms with Crippen molar-refractivity contribution in [3.05, 3.63) is 66.7 Å². The molecule has 0 saturated carbocycles. The number of nitrogens with one attached hydrogen (secondary N) is 1. The van der Waals surface area contributed by atoms with E-state index >= 15 is 0 Å². The fraction of sp³-hybridized carbons (Fsp3) is 0.227. The minimum absolute atomic E-state index is 0.293. The number of carbonyl (C=O) groups is 1. The Labute approximate surface area is 181 Å². The first kappa shape index (κ1) is 21.6. The Morgan fingerprint density at radius 1 is 1.09 bits per heavy atom. The van der Waals surface area contributed by atoms with Gasteiger partial charge in [0.25, 0.3) is 0 Å². The zero-order valence-electron chi connectivity index (χ0n) is 17.3. The summed E-state index contributed by atoms with van der Waals surface area (Å²) >= 11 is 0. The highest BCUT2D eigenvalue weighted by atomic mass is 19.4. The monoisotopic (exact) mass is 443 g/mol. The Kier molecular flexibility index (Phi) is 5.25. The number of hydrogen-bond acceptors (Lipinski definition) is 4. The van der Waals surface area contributed by atoms with Gasteiger partial charge in [0, 0.05) is 37.7 Å². The molecule has 2 aromatic carbocycles. The van der Waals surface area contributed by atoms with E-state index in [0.29, 0.717) is 11.5 Å². The minimum atomic E-state index is -5.09. The van der Waals surface area contributed by atoms with Crippen LogP contribution in [-0.2, 0) is 24.5 Å². The Morgan fingerprint density at radius 2 is 1.78 bits per heavy atom. The molecule has 1 unspecified atom stereocenters. The van der Waals surface area contributed by atoms with E-state index in [1.807, 2.05) is 35.9 Å². The van der Waals surface area contributed by atoms with Crippen molar-refractivity contribution in [2.45, 2.75) is 18.2 Å². The minimum Gasteiger partial charge on any atom is -0.374 e. The van der Waals surface area contributed by atoms with Crippen LogP contribution in [0, 0.1) is 0 Å². The summed E-state index contributed by atoms with van der Waals surface area (Å²) in [7, 11) is 3.20. The number of carbonyl (C=O) groups excluding carboxylic acids is 1. The standard InChI is InChI=1S/C22H20F3N5O2/c1-29-12-11-26-20(29)21(32,22(23,24)25)13-18(31)27-15-9-7-14(8-10-15)19-28-16-5-3-4-6-17(16)30(19)2/h3-12,32H,13H2,1-2H3,(H,27,31). The molecule has 0 fully saturated rings. The van der Waals surface area contributed by atoms with Gasteiger partial charge in [0.2, 0.25) is 11.5 Å². The second-order valence-electron chi connectivity index (χ2n) is 7.51. The highest BCUT2D eigenvalue weighted by molar-refractivity contribution is 5.92. The number of halogens is 3. The summed E-state index contributed by atoms with van der Waals surface area (Å²) in [6, 6.07) is 14.2. The maximum absolute atomic E-state index is 13.6. The van der Waals surface area contributed by atoms with Gasteiger partial charge in [-0.15, -0.1) is 0 Å². The summed E-state index contributed by atoms with van der Waals surface area (Å²) in [6.45, 7) is 0. The van der Waals surface area contributed by atoms with Gasteiger partial charge in [0.1, 0.15) is 5.82 Å². The quantitative estimate of drug-likeness (QED) is 0.492. The molecule has 0 spiro atoms. The van der Waals surface area contributed by atoms with Crippen LogP contribution >= 0.6 is 0 Å². The number of rotatable bonds is 5. The fourth-order valence-electron chi connectivity index (χ4n) is 3.61. The van der Waals surface area contributed by atoms with E-state index in [9.17, 15) is 23.1 Å². The van der Waals surface area contributed by atoms with Gasteiger partial charge >= 0.3 is 6.18 Å². The van der Waals surface area contributed by atoms with Crippen molar-refractivity contribution in [3.63, 3.8) is 0 Å². The molecule has 0 saturated heterocycles. The molecule has 0 radical (unpaired) electrons. The van der Waals surface area contributed by atoms with Gasteiger partial charge in [-0.25, -0.2) is 9.97 Å². The number of anilines is 1. The lowest BCUT2D eigenvalue weighted by Gasteiger charge is -2.29. The van der Waals surface area contributed by atoms with Crippen molar-refractivity contribution in [1.29, 1.82) is 0 Å². The molecular weight excluding hydrogens is 423 g/mol. The number of hydrogen-bond donors (Lipinski definition) is 2. The third-order valence-corrected chi connectivity index (χ3v) is 5.29. The Morgan fingerprint density at radius 3 is 2.38 bits per heavy atom. The second kappa shape index (κ2) is 7.79. The molecule has 1 amide bonds. The zero-order chi connectivity index (χ0) is 23.1. The van der Waals surface area contributed by atoms with Crippen LogP contribution in [0.4, 0.5) is 18.9 Å². The van der Waals surface area contributed by atoms with Crippen LogP contribution in [0.3, 0.4) is 0 Å². The summed E-state index contributed by atoms with van der Waals surface area (Å²) in [5.41, 5.74) is -0.547. The van der Waals surface area contributed by atoms with E-state index in [1.165, 1.54) is 13.2 Å². The number of nitrogens with zero attached hydrogens (tertiary/aromatic N) is 4. The first-order valence-corrected chi connectivity index (χ1v) is 9.69. The summed E-state index contributed by atoms with van der Waals surface area (Å²) in [5, 5.41) is 12.8. The van der Waals surface area contributed by atoms with Crippen LogP contribution in [0.5, 0.6) is 0 Å². The number of alkyl halides is 3.